The Labute approximate surface area is 316 Å². The van der Waals surface area contributed by atoms with Gasteiger partial charge in [0.1, 0.15) is 11.6 Å². The average Bonchev–Trinajstić information content (AvgIpc) is 3.64. The van der Waals surface area contributed by atoms with Gasteiger partial charge >= 0.3 is 12.2 Å². The Kier molecular flexibility index (Phi) is 17.1. The number of H-pyrrole nitrogens is 1. The summed E-state index contributed by atoms with van der Waals surface area (Å²) in [6.07, 6.45) is 7.80. The molecule has 1 aliphatic carbocycles. The van der Waals surface area contributed by atoms with Crippen molar-refractivity contribution in [3.05, 3.63) is 54.1 Å². The lowest BCUT2D eigenvalue weighted by molar-refractivity contribution is -0.146. The monoisotopic (exact) mass is 740 g/mol. The molecule has 53 heavy (non-hydrogen) atoms. The smallest absolute Gasteiger partial charge is 0.410 e. The van der Waals surface area contributed by atoms with Gasteiger partial charge in [-0.2, -0.15) is 0 Å². The molecular weight excluding hydrogens is 676 g/mol. The van der Waals surface area contributed by atoms with Crippen molar-refractivity contribution in [2.24, 2.45) is 11.8 Å². The molecular formula is C40H64N6O7. The Balaban J connectivity index is 1.83. The van der Waals surface area contributed by atoms with Gasteiger partial charge in [-0.05, 0) is 57.4 Å². The van der Waals surface area contributed by atoms with E-state index in [0.29, 0.717) is 30.4 Å². The van der Waals surface area contributed by atoms with Gasteiger partial charge in [-0.1, -0.05) is 76.3 Å². The highest BCUT2D eigenvalue weighted by Gasteiger charge is 2.37. The van der Waals surface area contributed by atoms with Crippen LogP contribution in [0.25, 0.3) is 0 Å². The highest BCUT2D eigenvalue weighted by atomic mass is 16.6. The van der Waals surface area contributed by atoms with E-state index in [0.717, 1.165) is 37.7 Å². The molecule has 4 amide bonds. The van der Waals surface area contributed by atoms with Crippen LogP contribution in [0.3, 0.4) is 0 Å². The Morgan fingerprint density at radius 3 is 2.17 bits per heavy atom. The summed E-state index contributed by atoms with van der Waals surface area (Å²) < 4.78 is 11.3. The van der Waals surface area contributed by atoms with Crippen molar-refractivity contribution >= 4 is 24.0 Å². The van der Waals surface area contributed by atoms with Crippen molar-refractivity contribution in [1.82, 2.24) is 30.0 Å². The number of benzene rings is 1. The number of hydrogen-bond acceptors (Lipinski definition) is 8. The molecule has 13 heteroatoms. The minimum atomic E-state index is -1.26. The molecule has 0 unspecified atom stereocenters. The number of ether oxygens (including phenoxy) is 2. The fourth-order valence-electron chi connectivity index (χ4n) is 6.51. The van der Waals surface area contributed by atoms with Crippen LogP contribution < -0.4 is 5.32 Å². The molecule has 296 valence electrons. The third-order valence-electron chi connectivity index (χ3n) is 9.79. The lowest BCUT2D eigenvalue weighted by atomic mass is 9.83. The zero-order valence-electron chi connectivity index (χ0n) is 33.2. The zero-order valence-corrected chi connectivity index (χ0v) is 33.2. The molecule has 1 aliphatic rings. The van der Waals surface area contributed by atoms with Crippen molar-refractivity contribution in [2.45, 2.75) is 129 Å². The fourth-order valence-corrected chi connectivity index (χ4v) is 6.51. The highest BCUT2D eigenvalue weighted by molar-refractivity contribution is 5.90. The zero-order chi connectivity index (χ0) is 39.1. The predicted octanol–water partition coefficient (Wildman–Crippen LogP) is 5.58. The van der Waals surface area contributed by atoms with Crippen molar-refractivity contribution in [3.63, 3.8) is 0 Å². The summed E-state index contributed by atoms with van der Waals surface area (Å²) in [7, 11) is 4.65. The second-order valence-corrected chi connectivity index (χ2v) is 16.0. The molecule has 1 aromatic carbocycles. The molecule has 0 radical (unpaired) electrons. The number of likely N-dealkylation sites (N-methyl/N-ethyl adjacent to an activating group) is 3. The van der Waals surface area contributed by atoms with E-state index in [1.165, 1.54) is 41.5 Å². The van der Waals surface area contributed by atoms with Gasteiger partial charge in [0.15, 0.2) is 6.10 Å². The Morgan fingerprint density at radius 1 is 0.943 bits per heavy atom. The number of nitrogens with zero attached hydrogens (tertiary/aromatic N) is 4. The van der Waals surface area contributed by atoms with Crippen molar-refractivity contribution in [3.8, 4) is 0 Å². The van der Waals surface area contributed by atoms with Crippen molar-refractivity contribution in [1.29, 1.82) is 0 Å². The van der Waals surface area contributed by atoms with Crippen LogP contribution >= 0.6 is 0 Å². The van der Waals surface area contributed by atoms with Crippen LogP contribution in [0.2, 0.25) is 0 Å². The Hall–Kier alpha value is -4.13. The predicted molar refractivity (Wildman–Crippen MR) is 204 cm³/mol. The van der Waals surface area contributed by atoms with E-state index in [-0.39, 0.29) is 25.9 Å². The second kappa shape index (κ2) is 20.9. The molecule has 2 aromatic rings. The molecule has 13 nitrogen and oxygen atoms in total. The van der Waals surface area contributed by atoms with E-state index in [2.05, 4.69) is 29.1 Å². The maximum atomic E-state index is 14.4. The minimum absolute atomic E-state index is 0.0797. The summed E-state index contributed by atoms with van der Waals surface area (Å²) in [6, 6.07) is 7.75. The number of aliphatic hydroxyl groups is 1. The van der Waals surface area contributed by atoms with Crippen LogP contribution in [-0.2, 0) is 31.9 Å². The standard InChI is InChI=1S/C40H64N6O7/c1-28(2)19-20-34(47)32(23-29-15-11-9-12-16-29)43-36(48)33(25-31-26-41-27-42-31)46(8)37(49)35(24-30-17-13-10-14-18-30)52-38(50)44(6)21-22-45(7)39(51)53-40(3,4)5/h10,13-14,17-18,26-29,32-35,47H,9,11-12,15-16,19-25H2,1-8H3,(H,41,42)(H,43,48)/t32-,33-,34-,35-/m0/s1. The van der Waals surface area contributed by atoms with Gasteiger partial charge in [0.05, 0.1) is 24.2 Å². The van der Waals surface area contributed by atoms with Gasteiger partial charge in [-0.15, -0.1) is 0 Å². The van der Waals surface area contributed by atoms with Crippen LogP contribution in [-0.4, -0.2) is 118 Å². The normalized spacial score (nSPS) is 15.9. The first-order valence-electron chi connectivity index (χ1n) is 19.2. The van der Waals surface area contributed by atoms with Crippen LogP contribution in [0.4, 0.5) is 9.59 Å². The van der Waals surface area contributed by atoms with E-state index < -0.39 is 53.9 Å². The number of aromatic nitrogens is 2. The number of aromatic amines is 1. The number of aliphatic hydroxyl groups excluding tert-OH is 1. The van der Waals surface area contributed by atoms with Crippen molar-refractivity contribution in [2.75, 3.05) is 34.2 Å². The lowest BCUT2D eigenvalue weighted by Gasteiger charge is -2.34. The van der Waals surface area contributed by atoms with E-state index in [1.807, 2.05) is 30.3 Å². The summed E-state index contributed by atoms with van der Waals surface area (Å²) in [5, 5.41) is 14.5. The summed E-state index contributed by atoms with van der Waals surface area (Å²) >= 11 is 0. The second-order valence-electron chi connectivity index (χ2n) is 16.0. The molecule has 1 saturated carbocycles. The SMILES string of the molecule is CC(C)CC[C@H](O)[C@H](CC1CCCCC1)NC(=O)[C@H](Cc1c[nH]cn1)N(C)C(=O)[C@H](Cc1ccccc1)OC(=O)N(C)CCN(C)C(=O)OC(C)(C)C. The van der Waals surface area contributed by atoms with Gasteiger partial charge in [-0.3, -0.25) is 9.59 Å². The fraction of sp³-hybridized carbons (Fsp3) is 0.675. The first-order chi connectivity index (χ1) is 25.0. The average molecular weight is 741 g/mol. The maximum absolute atomic E-state index is 14.4. The van der Waals surface area contributed by atoms with Crippen LogP contribution in [0, 0.1) is 11.8 Å². The van der Waals surface area contributed by atoms with Gasteiger partial charge in [0, 0.05) is 53.3 Å². The van der Waals surface area contributed by atoms with Gasteiger partial charge < -0.3 is 39.6 Å². The first kappa shape index (κ1) is 43.3. The lowest BCUT2D eigenvalue weighted by Crippen LogP contribution is -2.56. The molecule has 0 spiro atoms. The molecule has 4 atom stereocenters. The molecule has 1 aromatic heterocycles. The third-order valence-corrected chi connectivity index (χ3v) is 9.79. The largest absolute Gasteiger partial charge is 0.444 e. The van der Waals surface area contributed by atoms with E-state index in [1.54, 1.807) is 34.0 Å². The minimum Gasteiger partial charge on any atom is -0.444 e. The molecule has 0 saturated heterocycles. The number of imidazole rings is 1. The summed E-state index contributed by atoms with van der Waals surface area (Å²) in [4.78, 5) is 65.8. The molecule has 3 N–H and O–H groups in total. The molecule has 1 fully saturated rings. The summed E-state index contributed by atoms with van der Waals surface area (Å²) in [5.74, 6) is -0.148. The van der Waals surface area contributed by atoms with Crippen LogP contribution in [0.1, 0.15) is 97.2 Å². The number of amides is 4. The van der Waals surface area contributed by atoms with Crippen molar-refractivity contribution < 1.29 is 33.8 Å². The quantitative estimate of drug-likeness (QED) is 0.179. The Morgan fingerprint density at radius 2 is 1.58 bits per heavy atom. The first-order valence-corrected chi connectivity index (χ1v) is 19.2. The summed E-state index contributed by atoms with van der Waals surface area (Å²) in [6.45, 7) is 9.86. The number of hydrogen-bond donors (Lipinski definition) is 3. The number of rotatable bonds is 18. The van der Waals surface area contributed by atoms with Crippen LogP contribution in [0.15, 0.2) is 42.9 Å². The molecule has 3 rings (SSSR count). The molecule has 1 heterocycles. The van der Waals surface area contributed by atoms with E-state index in [4.69, 9.17) is 9.47 Å². The van der Waals surface area contributed by atoms with E-state index in [9.17, 15) is 24.3 Å². The van der Waals surface area contributed by atoms with Gasteiger partial charge in [-0.25, -0.2) is 14.6 Å². The maximum Gasteiger partial charge on any atom is 0.410 e. The number of nitrogens with one attached hydrogen (secondary N) is 2. The molecule has 0 bridgehead atoms. The van der Waals surface area contributed by atoms with Gasteiger partial charge in [0.25, 0.3) is 5.91 Å². The van der Waals surface area contributed by atoms with E-state index >= 15 is 0 Å². The number of carbonyl (C=O) groups excluding carboxylic acids is 4. The topological polar surface area (TPSA) is 157 Å². The summed E-state index contributed by atoms with van der Waals surface area (Å²) in [5.41, 5.74) is 0.691. The van der Waals surface area contributed by atoms with Crippen LogP contribution in [0.5, 0.6) is 0 Å². The third kappa shape index (κ3) is 15.0. The Bertz CT molecular complexity index is 1410. The molecule has 0 aliphatic heterocycles. The highest BCUT2D eigenvalue weighted by Crippen LogP contribution is 2.29. The number of carbonyl (C=O) groups is 4. The van der Waals surface area contributed by atoms with Gasteiger partial charge in [0.2, 0.25) is 5.91 Å².